The second-order valence-electron chi connectivity index (χ2n) is 5.61. The van der Waals surface area contributed by atoms with Gasteiger partial charge in [-0.2, -0.15) is 0 Å². The van der Waals surface area contributed by atoms with E-state index in [1.165, 1.54) is 0 Å². The van der Waals surface area contributed by atoms with Crippen LogP contribution in [0.2, 0.25) is 0 Å². The van der Waals surface area contributed by atoms with E-state index in [9.17, 15) is 0 Å². The van der Waals surface area contributed by atoms with Crippen molar-refractivity contribution in [3.63, 3.8) is 0 Å². The molecule has 0 unspecified atom stereocenters. The largest absolute Gasteiger partial charge is 0.343 e. The van der Waals surface area contributed by atoms with Crippen molar-refractivity contribution >= 4 is 17.6 Å². The molecule has 118 valence electrons. The highest BCUT2D eigenvalue weighted by Crippen LogP contribution is 2.22. The molecule has 4 N–H and O–H groups in total. The molecule has 3 rings (SSSR count). The van der Waals surface area contributed by atoms with E-state index in [1.807, 2.05) is 47.4 Å². The molecule has 0 aliphatic carbocycles. The molecule has 0 radical (unpaired) electrons. The lowest BCUT2D eigenvalue weighted by atomic mass is 10.1. The van der Waals surface area contributed by atoms with Crippen LogP contribution >= 0.6 is 0 Å². The van der Waals surface area contributed by atoms with Gasteiger partial charge in [-0.25, -0.2) is 0 Å². The average molecular weight is 307 g/mol. The van der Waals surface area contributed by atoms with E-state index in [1.54, 1.807) is 0 Å². The minimum atomic E-state index is 0.118. The zero-order chi connectivity index (χ0) is 16.1. The van der Waals surface area contributed by atoms with Crippen LogP contribution in [0.15, 0.2) is 54.6 Å². The van der Waals surface area contributed by atoms with E-state index in [4.69, 9.17) is 10.8 Å². The highest BCUT2D eigenvalue weighted by Gasteiger charge is 2.15. The Hall–Kier alpha value is -2.82. The molecule has 1 aliphatic rings. The summed E-state index contributed by atoms with van der Waals surface area (Å²) in [5.41, 5.74) is 3.07. The minimum Gasteiger partial charge on any atom is -0.343 e. The van der Waals surface area contributed by atoms with Gasteiger partial charge in [0.25, 0.3) is 0 Å². The Morgan fingerprint density at radius 3 is 2.30 bits per heavy atom. The van der Waals surface area contributed by atoms with Crippen LogP contribution in [0.1, 0.15) is 12.8 Å². The molecule has 0 spiro atoms. The number of likely N-dealkylation sites (tertiary alicyclic amines) is 1. The van der Waals surface area contributed by atoms with Crippen molar-refractivity contribution in [3.05, 3.63) is 54.6 Å². The molecule has 23 heavy (non-hydrogen) atoms. The van der Waals surface area contributed by atoms with E-state index >= 15 is 0 Å². The van der Waals surface area contributed by atoms with Gasteiger partial charge < -0.3 is 10.2 Å². The SMILES string of the molecule is N=C(NC(=N)N1CCCC1)Nc1cccc(-c2ccccc2)c1. The summed E-state index contributed by atoms with van der Waals surface area (Å²) in [6, 6.07) is 18.1. The van der Waals surface area contributed by atoms with Crippen LogP contribution in [0.25, 0.3) is 11.1 Å². The van der Waals surface area contributed by atoms with Crippen molar-refractivity contribution in [1.82, 2.24) is 10.2 Å². The quantitative estimate of drug-likeness (QED) is 0.508. The fourth-order valence-electron chi connectivity index (χ4n) is 2.72. The molecule has 5 nitrogen and oxygen atoms in total. The summed E-state index contributed by atoms with van der Waals surface area (Å²) in [4.78, 5) is 1.95. The highest BCUT2D eigenvalue weighted by atomic mass is 15.3. The van der Waals surface area contributed by atoms with Gasteiger partial charge in [0.15, 0.2) is 11.9 Å². The van der Waals surface area contributed by atoms with Crippen LogP contribution in [-0.2, 0) is 0 Å². The van der Waals surface area contributed by atoms with E-state index in [0.29, 0.717) is 5.96 Å². The van der Waals surface area contributed by atoms with Crippen LogP contribution < -0.4 is 10.6 Å². The van der Waals surface area contributed by atoms with Gasteiger partial charge in [0.1, 0.15) is 0 Å². The Kier molecular flexibility index (Phi) is 4.57. The van der Waals surface area contributed by atoms with Crippen LogP contribution in [0.5, 0.6) is 0 Å². The number of nitrogens with zero attached hydrogens (tertiary/aromatic N) is 1. The molecule has 0 saturated carbocycles. The third-order valence-corrected chi connectivity index (χ3v) is 3.90. The number of hydrogen-bond acceptors (Lipinski definition) is 2. The Labute approximate surface area is 136 Å². The Morgan fingerprint density at radius 1 is 0.870 bits per heavy atom. The predicted octanol–water partition coefficient (Wildman–Crippen LogP) is 3.32. The van der Waals surface area contributed by atoms with E-state index in [0.717, 1.165) is 42.7 Å². The molecule has 5 heteroatoms. The molecular weight excluding hydrogens is 286 g/mol. The van der Waals surface area contributed by atoms with Crippen molar-refractivity contribution in [2.24, 2.45) is 0 Å². The van der Waals surface area contributed by atoms with Crippen molar-refractivity contribution in [2.75, 3.05) is 18.4 Å². The molecule has 0 aromatic heterocycles. The summed E-state index contributed by atoms with van der Waals surface area (Å²) >= 11 is 0. The first kappa shape index (κ1) is 15.1. The van der Waals surface area contributed by atoms with Crippen molar-refractivity contribution in [2.45, 2.75) is 12.8 Å². The van der Waals surface area contributed by atoms with Crippen molar-refractivity contribution in [1.29, 1.82) is 10.8 Å². The number of nitrogens with one attached hydrogen (secondary N) is 4. The van der Waals surface area contributed by atoms with E-state index < -0.39 is 0 Å². The third-order valence-electron chi connectivity index (χ3n) is 3.90. The second kappa shape index (κ2) is 6.96. The average Bonchev–Trinajstić information content (AvgIpc) is 3.10. The van der Waals surface area contributed by atoms with E-state index in [-0.39, 0.29) is 5.96 Å². The molecule has 1 heterocycles. The summed E-state index contributed by atoms with van der Waals surface area (Å²) in [7, 11) is 0. The Balaban J connectivity index is 1.63. The number of rotatable bonds is 2. The number of benzene rings is 2. The number of hydrogen-bond donors (Lipinski definition) is 4. The molecule has 2 aromatic rings. The maximum absolute atomic E-state index is 8.01. The number of guanidine groups is 2. The first-order chi connectivity index (χ1) is 11.2. The summed E-state index contributed by atoms with van der Waals surface area (Å²) in [5.74, 6) is 0.409. The zero-order valence-electron chi connectivity index (χ0n) is 13.0. The molecule has 1 fully saturated rings. The smallest absolute Gasteiger partial charge is 0.199 e. The second-order valence-corrected chi connectivity index (χ2v) is 5.61. The van der Waals surface area contributed by atoms with Crippen molar-refractivity contribution in [3.8, 4) is 11.1 Å². The summed E-state index contributed by atoms with van der Waals surface area (Å²) < 4.78 is 0. The maximum Gasteiger partial charge on any atom is 0.199 e. The molecule has 1 saturated heterocycles. The van der Waals surface area contributed by atoms with Gasteiger partial charge in [-0.15, -0.1) is 0 Å². The summed E-state index contributed by atoms with van der Waals surface area (Å²) in [6.07, 6.45) is 2.23. The van der Waals surface area contributed by atoms with Crippen molar-refractivity contribution < 1.29 is 0 Å². The topological polar surface area (TPSA) is 75.0 Å². The maximum atomic E-state index is 8.01. The minimum absolute atomic E-state index is 0.118. The fraction of sp³-hybridized carbons (Fsp3) is 0.222. The Bertz CT molecular complexity index is 690. The van der Waals surface area contributed by atoms with E-state index in [2.05, 4.69) is 22.8 Å². The molecular formula is C18H21N5. The first-order valence-electron chi connectivity index (χ1n) is 7.84. The van der Waals surface area contributed by atoms with Gasteiger partial charge in [-0.1, -0.05) is 42.5 Å². The molecule has 2 aromatic carbocycles. The third kappa shape index (κ3) is 3.88. The lowest BCUT2D eigenvalue weighted by Crippen LogP contribution is -2.44. The normalized spacial score (nSPS) is 13.7. The van der Waals surface area contributed by atoms with Gasteiger partial charge in [0.2, 0.25) is 0 Å². The van der Waals surface area contributed by atoms with Gasteiger partial charge in [0, 0.05) is 18.8 Å². The standard InChI is InChI=1S/C18H21N5/c19-17(22-18(20)23-11-4-5-12-23)21-16-10-6-9-15(13-16)14-7-2-1-3-8-14/h1-3,6-10,13H,4-5,11-12H2,(H4,19,20,21,22). The zero-order valence-corrected chi connectivity index (χ0v) is 13.0. The Morgan fingerprint density at radius 2 is 1.57 bits per heavy atom. The summed E-state index contributed by atoms with van der Waals surface area (Å²) in [6.45, 7) is 1.78. The highest BCUT2D eigenvalue weighted by molar-refractivity contribution is 6.02. The van der Waals surface area contributed by atoms with Crippen LogP contribution in [0.3, 0.4) is 0 Å². The summed E-state index contributed by atoms with van der Waals surface area (Å²) in [5, 5.41) is 21.8. The van der Waals surface area contributed by atoms with Gasteiger partial charge in [-0.3, -0.25) is 16.1 Å². The van der Waals surface area contributed by atoms with Gasteiger partial charge in [-0.05, 0) is 36.1 Å². The van der Waals surface area contributed by atoms with Gasteiger partial charge in [0.05, 0.1) is 0 Å². The fourth-order valence-corrected chi connectivity index (χ4v) is 2.72. The van der Waals surface area contributed by atoms with Crippen LogP contribution in [0.4, 0.5) is 5.69 Å². The van der Waals surface area contributed by atoms with Gasteiger partial charge >= 0.3 is 0 Å². The first-order valence-corrected chi connectivity index (χ1v) is 7.84. The molecule has 1 aliphatic heterocycles. The number of anilines is 1. The molecule has 0 bridgehead atoms. The lowest BCUT2D eigenvalue weighted by Gasteiger charge is -2.20. The monoisotopic (exact) mass is 307 g/mol. The lowest BCUT2D eigenvalue weighted by molar-refractivity contribution is 0.502. The molecule has 0 amide bonds. The predicted molar refractivity (Wildman–Crippen MR) is 94.9 cm³/mol. The van der Waals surface area contributed by atoms with Crippen LogP contribution in [-0.4, -0.2) is 29.9 Å². The van der Waals surface area contributed by atoms with Crippen LogP contribution in [0, 0.1) is 10.8 Å². The molecule has 0 atom stereocenters.